The minimum absolute atomic E-state index is 0.0527. The largest absolute Gasteiger partial charge is 0.433 e. The summed E-state index contributed by atoms with van der Waals surface area (Å²) in [5.41, 5.74) is -0.960. The van der Waals surface area contributed by atoms with Crippen LogP contribution in [0, 0.1) is 0 Å². The molecule has 0 unspecified atom stereocenters. The fourth-order valence-corrected chi connectivity index (χ4v) is 2.76. The maximum atomic E-state index is 12.7. The van der Waals surface area contributed by atoms with Crippen LogP contribution in [0.15, 0.2) is 36.7 Å². The van der Waals surface area contributed by atoms with Gasteiger partial charge in [0, 0.05) is 51.5 Å². The highest BCUT2D eigenvalue weighted by molar-refractivity contribution is 5.77. The van der Waals surface area contributed by atoms with E-state index >= 15 is 0 Å². The van der Waals surface area contributed by atoms with Crippen molar-refractivity contribution < 1.29 is 18.0 Å². The first-order chi connectivity index (χ1) is 12.9. The molecule has 144 valence electrons. The fourth-order valence-electron chi connectivity index (χ4n) is 2.76. The Balaban J connectivity index is 1.44. The van der Waals surface area contributed by atoms with Crippen molar-refractivity contribution in [2.75, 3.05) is 42.9 Å². The molecule has 1 N–H and O–H groups in total. The van der Waals surface area contributed by atoms with Crippen LogP contribution in [0.2, 0.25) is 0 Å². The number of anilines is 2. The van der Waals surface area contributed by atoms with E-state index in [0.717, 1.165) is 6.07 Å². The number of aromatic nitrogens is 3. The lowest BCUT2D eigenvalue weighted by Crippen LogP contribution is -2.49. The molecule has 3 rings (SSSR count). The predicted molar refractivity (Wildman–Crippen MR) is 93.2 cm³/mol. The molecule has 3 heterocycles. The maximum Gasteiger partial charge on any atom is 0.433 e. The molecule has 0 saturated carbocycles. The number of amides is 1. The highest BCUT2D eigenvalue weighted by Crippen LogP contribution is 2.28. The van der Waals surface area contributed by atoms with Crippen molar-refractivity contribution in [1.29, 1.82) is 0 Å². The monoisotopic (exact) mass is 380 g/mol. The molecular formula is C17H19F3N6O. The normalized spacial score (nSPS) is 14.9. The number of pyridine rings is 1. The number of nitrogens with one attached hydrogen (secondary N) is 1. The highest BCUT2D eigenvalue weighted by atomic mass is 19.4. The van der Waals surface area contributed by atoms with Crippen molar-refractivity contribution in [1.82, 2.24) is 19.9 Å². The van der Waals surface area contributed by atoms with E-state index in [-0.39, 0.29) is 24.7 Å². The fraction of sp³-hybridized carbons (Fsp3) is 0.412. The first-order valence-corrected chi connectivity index (χ1v) is 8.51. The summed E-state index contributed by atoms with van der Waals surface area (Å²) >= 11 is 0. The number of rotatable bonds is 5. The minimum Gasteiger partial charge on any atom is -0.370 e. The Labute approximate surface area is 154 Å². The van der Waals surface area contributed by atoms with Gasteiger partial charge in [0.15, 0.2) is 0 Å². The van der Waals surface area contributed by atoms with Crippen LogP contribution in [0.3, 0.4) is 0 Å². The molecule has 0 radical (unpaired) electrons. The molecule has 0 aliphatic carbocycles. The summed E-state index contributed by atoms with van der Waals surface area (Å²) in [6, 6.07) is 5.38. The van der Waals surface area contributed by atoms with Crippen molar-refractivity contribution in [2.24, 2.45) is 0 Å². The number of alkyl halides is 3. The quantitative estimate of drug-likeness (QED) is 0.856. The number of carbonyl (C=O) groups is 1. The smallest absolute Gasteiger partial charge is 0.370 e. The van der Waals surface area contributed by atoms with E-state index in [1.54, 1.807) is 23.4 Å². The van der Waals surface area contributed by atoms with E-state index in [1.807, 2.05) is 4.90 Å². The third kappa shape index (κ3) is 5.05. The summed E-state index contributed by atoms with van der Waals surface area (Å²) in [6.07, 6.45) is -0.962. The zero-order valence-electron chi connectivity index (χ0n) is 14.5. The van der Waals surface area contributed by atoms with Gasteiger partial charge < -0.3 is 15.1 Å². The molecule has 27 heavy (non-hydrogen) atoms. The zero-order valence-corrected chi connectivity index (χ0v) is 14.5. The SMILES string of the molecule is O=C(CCNc1cccc(C(F)(F)F)n1)N1CCN(c2ncccn2)CC1. The first kappa shape index (κ1) is 18.9. The van der Waals surface area contributed by atoms with Gasteiger partial charge in [-0.25, -0.2) is 15.0 Å². The van der Waals surface area contributed by atoms with E-state index in [1.165, 1.54) is 12.1 Å². The van der Waals surface area contributed by atoms with Gasteiger partial charge in [-0.15, -0.1) is 0 Å². The lowest BCUT2D eigenvalue weighted by Gasteiger charge is -2.34. The Morgan fingerprint density at radius 1 is 1.07 bits per heavy atom. The Kier molecular flexibility index (Phi) is 5.72. The molecule has 2 aromatic heterocycles. The van der Waals surface area contributed by atoms with Crippen LogP contribution in [-0.2, 0) is 11.0 Å². The summed E-state index contributed by atoms with van der Waals surface area (Å²) in [5.74, 6) is 0.689. The Morgan fingerprint density at radius 2 is 1.78 bits per heavy atom. The van der Waals surface area contributed by atoms with Gasteiger partial charge in [0.05, 0.1) is 0 Å². The summed E-state index contributed by atoms with van der Waals surface area (Å²) in [5, 5.41) is 2.77. The van der Waals surface area contributed by atoms with Gasteiger partial charge in [-0.05, 0) is 18.2 Å². The standard InChI is InChI=1S/C17H19F3N6O/c18-17(19,20)13-3-1-4-14(24-13)21-8-5-15(27)25-9-11-26(12-10-25)16-22-6-2-7-23-16/h1-4,6-7H,5,8-12H2,(H,21,24). The molecule has 1 amide bonds. The topological polar surface area (TPSA) is 74.2 Å². The van der Waals surface area contributed by atoms with Crippen molar-refractivity contribution in [3.05, 3.63) is 42.4 Å². The second kappa shape index (κ2) is 8.19. The minimum atomic E-state index is -4.49. The van der Waals surface area contributed by atoms with Crippen LogP contribution in [0.4, 0.5) is 24.9 Å². The average molecular weight is 380 g/mol. The molecule has 1 aliphatic rings. The number of carbonyl (C=O) groups excluding carboxylic acids is 1. The molecule has 1 saturated heterocycles. The van der Waals surface area contributed by atoms with Gasteiger partial charge in [0.25, 0.3) is 0 Å². The Hall–Kier alpha value is -2.91. The summed E-state index contributed by atoms with van der Waals surface area (Å²) in [6.45, 7) is 2.60. The zero-order chi connectivity index (χ0) is 19.3. The average Bonchev–Trinajstić information content (AvgIpc) is 2.68. The van der Waals surface area contributed by atoms with Crippen molar-refractivity contribution in [2.45, 2.75) is 12.6 Å². The maximum absolute atomic E-state index is 12.7. The first-order valence-electron chi connectivity index (χ1n) is 8.51. The second-order valence-electron chi connectivity index (χ2n) is 6.00. The second-order valence-corrected chi connectivity index (χ2v) is 6.00. The molecular weight excluding hydrogens is 361 g/mol. The summed E-state index contributed by atoms with van der Waals surface area (Å²) < 4.78 is 38.0. The Morgan fingerprint density at radius 3 is 2.44 bits per heavy atom. The molecule has 0 spiro atoms. The number of hydrogen-bond donors (Lipinski definition) is 1. The molecule has 2 aromatic rings. The van der Waals surface area contributed by atoms with E-state index in [9.17, 15) is 18.0 Å². The van der Waals surface area contributed by atoms with E-state index in [2.05, 4.69) is 20.3 Å². The van der Waals surface area contributed by atoms with Crippen LogP contribution < -0.4 is 10.2 Å². The van der Waals surface area contributed by atoms with E-state index in [4.69, 9.17) is 0 Å². The van der Waals surface area contributed by atoms with Crippen LogP contribution in [-0.4, -0.2) is 58.5 Å². The van der Waals surface area contributed by atoms with Gasteiger partial charge in [-0.1, -0.05) is 6.07 Å². The summed E-state index contributed by atoms with van der Waals surface area (Å²) in [4.78, 5) is 27.9. The number of piperazine rings is 1. The van der Waals surface area contributed by atoms with Gasteiger partial charge in [0.1, 0.15) is 11.5 Å². The van der Waals surface area contributed by atoms with E-state index in [0.29, 0.717) is 32.1 Å². The van der Waals surface area contributed by atoms with E-state index < -0.39 is 11.9 Å². The molecule has 1 aliphatic heterocycles. The van der Waals surface area contributed by atoms with Gasteiger partial charge in [0.2, 0.25) is 11.9 Å². The number of hydrogen-bond acceptors (Lipinski definition) is 6. The van der Waals surface area contributed by atoms with Crippen molar-refractivity contribution in [3.63, 3.8) is 0 Å². The number of nitrogens with zero attached hydrogens (tertiary/aromatic N) is 5. The molecule has 0 bridgehead atoms. The summed E-state index contributed by atoms with van der Waals surface area (Å²) in [7, 11) is 0. The van der Waals surface area contributed by atoms with Gasteiger partial charge in [-0.3, -0.25) is 4.79 Å². The molecule has 0 aromatic carbocycles. The molecule has 10 heteroatoms. The Bertz CT molecular complexity index is 763. The molecule has 0 atom stereocenters. The lowest BCUT2D eigenvalue weighted by molar-refractivity contribution is -0.141. The van der Waals surface area contributed by atoms with Crippen molar-refractivity contribution >= 4 is 17.7 Å². The van der Waals surface area contributed by atoms with Gasteiger partial charge in [-0.2, -0.15) is 13.2 Å². The third-order valence-corrected chi connectivity index (χ3v) is 4.15. The van der Waals surface area contributed by atoms with Crippen LogP contribution in [0.25, 0.3) is 0 Å². The predicted octanol–water partition coefficient (Wildman–Crippen LogP) is 2.04. The molecule has 7 nitrogen and oxygen atoms in total. The van der Waals surface area contributed by atoms with Crippen LogP contribution in [0.5, 0.6) is 0 Å². The van der Waals surface area contributed by atoms with Crippen LogP contribution >= 0.6 is 0 Å². The van der Waals surface area contributed by atoms with Crippen LogP contribution in [0.1, 0.15) is 12.1 Å². The van der Waals surface area contributed by atoms with Gasteiger partial charge >= 0.3 is 6.18 Å². The molecule has 1 fully saturated rings. The number of halogens is 3. The van der Waals surface area contributed by atoms with Crippen molar-refractivity contribution in [3.8, 4) is 0 Å². The highest BCUT2D eigenvalue weighted by Gasteiger charge is 2.32. The lowest BCUT2D eigenvalue weighted by atomic mass is 10.2. The third-order valence-electron chi connectivity index (χ3n) is 4.15.